The molecule has 0 spiro atoms. The fourth-order valence-electron chi connectivity index (χ4n) is 2.49. The Morgan fingerprint density at radius 1 is 0.739 bits per heavy atom. The molecule has 0 N–H and O–H groups in total. The lowest BCUT2D eigenvalue weighted by Crippen LogP contribution is -2.63. The van der Waals surface area contributed by atoms with E-state index in [4.69, 9.17) is 13.6 Å². The molecule has 23 heavy (non-hydrogen) atoms. The van der Waals surface area contributed by atoms with Crippen molar-refractivity contribution < 1.29 is 13.6 Å². The van der Waals surface area contributed by atoms with Crippen LogP contribution in [0.2, 0.25) is 0 Å². The minimum atomic E-state index is -2.70. The molecule has 2 rings (SSSR count). The molecule has 0 heterocycles. The van der Waals surface area contributed by atoms with Gasteiger partial charge < -0.3 is 13.6 Å². The Balaban J connectivity index is 2.39. The maximum Gasteiger partial charge on any atom is 0.407 e. The van der Waals surface area contributed by atoms with Crippen molar-refractivity contribution >= 4 is 18.9 Å². The average Bonchev–Trinajstić information content (AvgIpc) is 2.62. The second-order valence-electron chi connectivity index (χ2n) is 5.39. The van der Waals surface area contributed by atoms with Crippen molar-refractivity contribution in [3.8, 4) is 0 Å². The predicted molar refractivity (Wildman–Crippen MR) is 96.6 cm³/mol. The first-order valence-corrected chi connectivity index (χ1v) is 10.0. The minimum Gasteiger partial charge on any atom is -0.388 e. The van der Waals surface area contributed by atoms with Gasteiger partial charge in [0.25, 0.3) is 0 Å². The topological polar surface area (TPSA) is 27.7 Å². The molecule has 0 radical (unpaired) electrons. The van der Waals surface area contributed by atoms with Gasteiger partial charge in [0.2, 0.25) is 0 Å². The summed E-state index contributed by atoms with van der Waals surface area (Å²) < 4.78 is 18.0. The number of hydrogen-bond acceptors (Lipinski definition) is 3. The van der Waals surface area contributed by atoms with E-state index in [1.807, 2.05) is 36.4 Å². The van der Waals surface area contributed by atoms with Gasteiger partial charge in [-0.15, -0.1) is 0 Å². The van der Waals surface area contributed by atoms with Crippen LogP contribution in [0.4, 0.5) is 0 Å². The van der Waals surface area contributed by atoms with Crippen molar-refractivity contribution in [2.75, 3.05) is 26.9 Å². The summed E-state index contributed by atoms with van der Waals surface area (Å²) >= 11 is 0. The van der Waals surface area contributed by atoms with Gasteiger partial charge in [-0.3, -0.25) is 0 Å². The van der Waals surface area contributed by atoms with Gasteiger partial charge in [-0.25, -0.2) is 0 Å². The van der Waals surface area contributed by atoms with E-state index in [1.165, 1.54) is 0 Å². The normalized spacial score (nSPS) is 11.6. The van der Waals surface area contributed by atoms with Crippen LogP contribution < -0.4 is 10.4 Å². The quantitative estimate of drug-likeness (QED) is 0.495. The third kappa shape index (κ3) is 4.75. The Bertz CT molecular complexity index is 494. The van der Waals surface area contributed by atoms with Gasteiger partial charge in [0.15, 0.2) is 0 Å². The lowest BCUT2D eigenvalue weighted by atomic mass is 10.4. The van der Waals surface area contributed by atoms with Crippen LogP contribution in [-0.4, -0.2) is 35.5 Å². The summed E-state index contributed by atoms with van der Waals surface area (Å²) in [7, 11) is -1.01. The van der Waals surface area contributed by atoms with Gasteiger partial charge in [-0.1, -0.05) is 74.0 Å². The summed E-state index contributed by atoms with van der Waals surface area (Å²) in [4.78, 5) is 0. The average molecular weight is 330 g/mol. The minimum absolute atomic E-state index is 0.526. The highest BCUT2D eigenvalue weighted by Crippen LogP contribution is 2.11. The first kappa shape index (κ1) is 17.9. The number of hydrogen-bond donors (Lipinski definition) is 0. The maximum absolute atomic E-state index is 6.45. The van der Waals surface area contributed by atoms with Crippen LogP contribution in [0.25, 0.3) is 0 Å². The third-order valence-electron chi connectivity index (χ3n) is 3.70. The van der Waals surface area contributed by atoms with Crippen LogP contribution in [0.5, 0.6) is 0 Å². The number of benzene rings is 2. The molecule has 4 heteroatoms. The van der Waals surface area contributed by atoms with Crippen LogP contribution in [0.15, 0.2) is 60.7 Å². The summed E-state index contributed by atoms with van der Waals surface area (Å²) in [5.74, 6) is 0. The maximum atomic E-state index is 6.45. The van der Waals surface area contributed by atoms with Gasteiger partial charge in [0.1, 0.15) is 0 Å². The zero-order valence-electron chi connectivity index (χ0n) is 14.0. The van der Waals surface area contributed by atoms with Crippen LogP contribution in [0, 0.1) is 0 Å². The molecule has 0 amide bonds. The molecular formula is C19H26O3Si. The molecule has 0 saturated heterocycles. The molecule has 2 aromatic rings. The largest absolute Gasteiger partial charge is 0.407 e. The van der Waals surface area contributed by atoms with Crippen molar-refractivity contribution in [3.05, 3.63) is 60.7 Å². The van der Waals surface area contributed by atoms with Crippen molar-refractivity contribution in [1.29, 1.82) is 0 Å². The van der Waals surface area contributed by atoms with Crippen LogP contribution in [0.1, 0.15) is 19.8 Å². The molecule has 0 aliphatic rings. The number of rotatable bonds is 10. The first-order chi connectivity index (χ1) is 11.3. The molecule has 124 valence electrons. The summed E-state index contributed by atoms with van der Waals surface area (Å²) in [5.41, 5.74) is 0. The van der Waals surface area contributed by atoms with E-state index >= 15 is 0 Å². The fraction of sp³-hybridized carbons (Fsp3) is 0.368. The highest BCUT2D eigenvalue weighted by molar-refractivity contribution is 6.92. The van der Waals surface area contributed by atoms with Crippen LogP contribution in [-0.2, 0) is 13.6 Å². The Morgan fingerprint density at radius 3 is 1.74 bits per heavy atom. The fourth-order valence-corrected chi connectivity index (χ4v) is 5.63. The summed E-state index contributed by atoms with van der Waals surface area (Å²) in [6.45, 7) is 3.97. The molecule has 0 atom stereocenters. The van der Waals surface area contributed by atoms with Crippen molar-refractivity contribution in [2.24, 2.45) is 0 Å². The van der Waals surface area contributed by atoms with Crippen molar-refractivity contribution in [1.82, 2.24) is 0 Å². The summed E-state index contributed by atoms with van der Waals surface area (Å²) in [6, 6.07) is 20.7. The van der Waals surface area contributed by atoms with Crippen LogP contribution in [0.3, 0.4) is 0 Å². The van der Waals surface area contributed by atoms with E-state index in [9.17, 15) is 0 Å². The highest BCUT2D eigenvalue weighted by Gasteiger charge is 2.42. The summed E-state index contributed by atoms with van der Waals surface area (Å²) in [6.07, 6.45) is 2.13. The zero-order valence-corrected chi connectivity index (χ0v) is 15.0. The van der Waals surface area contributed by atoms with Gasteiger partial charge >= 0.3 is 8.56 Å². The molecule has 0 fully saturated rings. The van der Waals surface area contributed by atoms with Gasteiger partial charge in [-0.05, 0) is 16.8 Å². The molecular weight excluding hydrogens is 304 g/mol. The van der Waals surface area contributed by atoms with E-state index in [0.717, 1.165) is 23.2 Å². The van der Waals surface area contributed by atoms with Gasteiger partial charge in [-0.2, -0.15) is 0 Å². The van der Waals surface area contributed by atoms with E-state index < -0.39 is 8.56 Å². The zero-order chi connectivity index (χ0) is 16.4. The second kappa shape index (κ2) is 9.63. The Labute approximate surface area is 140 Å². The van der Waals surface area contributed by atoms with Gasteiger partial charge in [0, 0.05) is 13.7 Å². The standard InChI is InChI=1S/C19H26O3Si/c1-3-4-15-21-23(22-17-16-20-2,18-11-7-5-8-12-18)19-13-9-6-10-14-19/h5-14H,3-4,15-17H2,1-2H3. The predicted octanol–water partition coefficient (Wildman–Crippen LogP) is 2.72. The van der Waals surface area contributed by atoms with E-state index in [-0.39, 0.29) is 0 Å². The first-order valence-electron chi connectivity index (χ1n) is 8.21. The molecule has 0 aliphatic heterocycles. The lowest BCUT2D eigenvalue weighted by Gasteiger charge is -2.31. The SMILES string of the molecule is CCCCO[Si](OCCOC)(c1ccccc1)c1ccccc1. The van der Waals surface area contributed by atoms with Crippen molar-refractivity contribution in [2.45, 2.75) is 19.8 Å². The Kier molecular flexibility index (Phi) is 7.48. The number of ether oxygens (including phenoxy) is 1. The third-order valence-corrected chi connectivity index (χ3v) is 7.11. The van der Waals surface area contributed by atoms with E-state index in [0.29, 0.717) is 19.8 Å². The monoisotopic (exact) mass is 330 g/mol. The van der Waals surface area contributed by atoms with E-state index in [1.54, 1.807) is 7.11 Å². The van der Waals surface area contributed by atoms with Crippen LogP contribution >= 0.6 is 0 Å². The number of methoxy groups -OCH3 is 1. The number of unbranched alkanes of at least 4 members (excludes halogenated alkanes) is 1. The molecule has 0 aliphatic carbocycles. The molecule has 0 unspecified atom stereocenters. The molecule has 2 aromatic carbocycles. The Morgan fingerprint density at radius 2 is 1.26 bits per heavy atom. The van der Waals surface area contributed by atoms with E-state index in [2.05, 4.69) is 31.2 Å². The van der Waals surface area contributed by atoms with Crippen molar-refractivity contribution in [3.63, 3.8) is 0 Å². The molecule has 0 bridgehead atoms. The van der Waals surface area contributed by atoms with Gasteiger partial charge in [0.05, 0.1) is 13.2 Å². The molecule has 0 aromatic heterocycles. The Hall–Kier alpha value is -1.46. The molecule has 0 saturated carbocycles. The molecule has 3 nitrogen and oxygen atoms in total. The summed E-state index contributed by atoms with van der Waals surface area (Å²) in [5, 5.41) is 2.27. The smallest absolute Gasteiger partial charge is 0.388 e. The highest BCUT2D eigenvalue weighted by atomic mass is 28.4. The second-order valence-corrected chi connectivity index (χ2v) is 8.36. The lowest BCUT2D eigenvalue weighted by molar-refractivity contribution is 0.118.